The summed E-state index contributed by atoms with van der Waals surface area (Å²) < 4.78 is 17.8. The Labute approximate surface area is 98.6 Å². The largest absolute Gasteiger partial charge is 0.338 e. The maximum atomic E-state index is 12.7. The second-order valence-corrected chi connectivity index (χ2v) is 3.87. The lowest BCUT2D eigenvalue weighted by Crippen LogP contribution is -2.08. The minimum Gasteiger partial charge on any atom is -0.338 e. The highest BCUT2D eigenvalue weighted by Crippen LogP contribution is 2.13. The summed E-state index contributed by atoms with van der Waals surface area (Å²) in [6, 6.07) is 6.00. The van der Waals surface area contributed by atoms with Crippen molar-refractivity contribution < 1.29 is 8.91 Å². The summed E-state index contributed by atoms with van der Waals surface area (Å²) in [4.78, 5) is 4.20. The number of rotatable bonds is 4. The summed E-state index contributed by atoms with van der Waals surface area (Å²) >= 11 is 0. The summed E-state index contributed by atoms with van der Waals surface area (Å²) in [6.45, 7) is 1.95. The van der Waals surface area contributed by atoms with E-state index in [9.17, 15) is 4.39 Å². The molecule has 2 N–H and O–H groups in total. The Bertz CT molecular complexity index is 481. The van der Waals surface area contributed by atoms with Crippen LogP contribution in [0.1, 0.15) is 36.7 Å². The van der Waals surface area contributed by atoms with Gasteiger partial charge in [-0.3, -0.25) is 0 Å². The van der Waals surface area contributed by atoms with E-state index in [0.29, 0.717) is 18.1 Å². The van der Waals surface area contributed by atoms with E-state index >= 15 is 0 Å². The molecule has 4 nitrogen and oxygen atoms in total. The summed E-state index contributed by atoms with van der Waals surface area (Å²) in [6.07, 6.45) is 1.26. The second kappa shape index (κ2) is 5.05. The smallest absolute Gasteiger partial charge is 0.243 e. The van der Waals surface area contributed by atoms with Crippen molar-refractivity contribution >= 4 is 0 Å². The van der Waals surface area contributed by atoms with E-state index in [1.165, 1.54) is 12.1 Å². The number of hydrogen-bond donors (Lipinski definition) is 1. The molecule has 0 aliphatic heterocycles. The van der Waals surface area contributed by atoms with Crippen LogP contribution in [-0.4, -0.2) is 10.1 Å². The van der Waals surface area contributed by atoms with Gasteiger partial charge in [-0.2, -0.15) is 4.98 Å². The zero-order chi connectivity index (χ0) is 12.3. The summed E-state index contributed by atoms with van der Waals surface area (Å²) in [5.41, 5.74) is 6.71. The fourth-order valence-electron chi connectivity index (χ4n) is 1.45. The van der Waals surface area contributed by atoms with Gasteiger partial charge in [0.15, 0.2) is 5.82 Å². The van der Waals surface area contributed by atoms with E-state index in [2.05, 4.69) is 10.1 Å². The molecule has 1 aromatic heterocycles. The third kappa shape index (κ3) is 2.88. The fourth-order valence-corrected chi connectivity index (χ4v) is 1.45. The van der Waals surface area contributed by atoms with Crippen molar-refractivity contribution in [1.82, 2.24) is 10.1 Å². The van der Waals surface area contributed by atoms with Gasteiger partial charge in [0, 0.05) is 6.42 Å². The molecule has 0 saturated heterocycles. The van der Waals surface area contributed by atoms with Crippen LogP contribution in [0.15, 0.2) is 28.8 Å². The van der Waals surface area contributed by atoms with E-state index in [1.54, 1.807) is 12.1 Å². The number of benzene rings is 1. The van der Waals surface area contributed by atoms with Gasteiger partial charge in [-0.25, -0.2) is 4.39 Å². The average molecular weight is 235 g/mol. The van der Waals surface area contributed by atoms with Crippen LogP contribution in [0.3, 0.4) is 0 Å². The first-order chi connectivity index (χ1) is 8.19. The monoisotopic (exact) mass is 235 g/mol. The molecule has 2 aromatic rings. The zero-order valence-electron chi connectivity index (χ0n) is 9.56. The molecule has 1 heterocycles. The van der Waals surface area contributed by atoms with Crippen LogP contribution in [0, 0.1) is 5.82 Å². The Morgan fingerprint density at radius 3 is 2.71 bits per heavy atom. The highest BCUT2D eigenvalue weighted by atomic mass is 19.1. The third-order valence-corrected chi connectivity index (χ3v) is 2.52. The van der Waals surface area contributed by atoms with Crippen molar-refractivity contribution in [1.29, 1.82) is 0 Å². The highest BCUT2D eigenvalue weighted by Gasteiger charge is 2.12. The number of aromatic nitrogens is 2. The molecule has 0 aliphatic rings. The summed E-state index contributed by atoms with van der Waals surface area (Å²) in [5, 5.41) is 3.84. The lowest BCUT2D eigenvalue weighted by atomic mass is 10.1. The van der Waals surface area contributed by atoms with Crippen molar-refractivity contribution in [2.75, 3.05) is 0 Å². The molecule has 0 amide bonds. The summed E-state index contributed by atoms with van der Waals surface area (Å²) in [7, 11) is 0. The molecule has 0 unspecified atom stereocenters. The lowest BCUT2D eigenvalue weighted by Gasteiger charge is -1.99. The first kappa shape index (κ1) is 11.7. The van der Waals surface area contributed by atoms with Crippen LogP contribution in [-0.2, 0) is 6.42 Å². The molecule has 0 saturated carbocycles. The molecule has 0 fully saturated rings. The van der Waals surface area contributed by atoms with Crippen molar-refractivity contribution in [3.63, 3.8) is 0 Å². The maximum Gasteiger partial charge on any atom is 0.243 e. The molecule has 0 radical (unpaired) electrons. The molecule has 90 valence electrons. The van der Waals surface area contributed by atoms with E-state index in [-0.39, 0.29) is 11.9 Å². The van der Waals surface area contributed by atoms with Crippen LogP contribution < -0.4 is 5.73 Å². The van der Waals surface area contributed by atoms with Gasteiger partial charge in [-0.05, 0) is 24.1 Å². The summed E-state index contributed by atoms with van der Waals surface area (Å²) in [5.74, 6) is 0.760. The maximum absolute atomic E-state index is 12.7. The van der Waals surface area contributed by atoms with E-state index in [1.807, 2.05) is 6.92 Å². The Balaban J connectivity index is 2.08. The van der Waals surface area contributed by atoms with E-state index < -0.39 is 0 Å². The minimum atomic E-state index is -0.254. The highest BCUT2D eigenvalue weighted by molar-refractivity contribution is 5.19. The van der Waals surface area contributed by atoms with E-state index in [0.717, 1.165) is 12.0 Å². The number of hydrogen-bond acceptors (Lipinski definition) is 4. The van der Waals surface area contributed by atoms with Crippen LogP contribution in [0.25, 0.3) is 0 Å². The van der Waals surface area contributed by atoms with Crippen molar-refractivity contribution in [3.8, 4) is 0 Å². The second-order valence-electron chi connectivity index (χ2n) is 3.87. The molecule has 17 heavy (non-hydrogen) atoms. The Morgan fingerprint density at radius 2 is 2.06 bits per heavy atom. The quantitative estimate of drug-likeness (QED) is 0.882. The number of nitrogens with two attached hydrogens (primary N) is 1. The predicted octanol–water partition coefficient (Wildman–Crippen LogP) is 2.21. The lowest BCUT2D eigenvalue weighted by molar-refractivity contribution is 0.348. The predicted molar refractivity (Wildman–Crippen MR) is 60.7 cm³/mol. The Hall–Kier alpha value is -1.75. The van der Waals surface area contributed by atoms with Crippen LogP contribution >= 0.6 is 0 Å². The SMILES string of the molecule is CC[C@H](N)c1nc(Cc2ccc(F)cc2)no1. The fraction of sp³-hybridized carbons (Fsp3) is 0.333. The van der Waals surface area contributed by atoms with Crippen LogP contribution in [0.2, 0.25) is 0 Å². The topological polar surface area (TPSA) is 64.9 Å². The molecular formula is C12H14FN3O. The van der Waals surface area contributed by atoms with Gasteiger partial charge in [0.05, 0.1) is 6.04 Å². The van der Waals surface area contributed by atoms with Gasteiger partial charge >= 0.3 is 0 Å². The molecule has 0 spiro atoms. The molecule has 2 rings (SSSR count). The minimum absolute atomic E-state index is 0.218. The molecule has 0 aliphatic carbocycles. The van der Waals surface area contributed by atoms with Gasteiger partial charge in [0.1, 0.15) is 5.82 Å². The number of nitrogens with zero attached hydrogens (tertiary/aromatic N) is 2. The first-order valence-corrected chi connectivity index (χ1v) is 5.51. The van der Waals surface area contributed by atoms with Gasteiger partial charge in [-0.15, -0.1) is 0 Å². The van der Waals surface area contributed by atoms with Crippen molar-refractivity contribution in [3.05, 3.63) is 47.4 Å². The average Bonchev–Trinajstić information content (AvgIpc) is 2.80. The van der Waals surface area contributed by atoms with Crippen LogP contribution in [0.5, 0.6) is 0 Å². The molecule has 1 atom stereocenters. The molecule has 5 heteroatoms. The van der Waals surface area contributed by atoms with Crippen molar-refractivity contribution in [2.45, 2.75) is 25.8 Å². The van der Waals surface area contributed by atoms with Gasteiger partial charge < -0.3 is 10.3 Å². The van der Waals surface area contributed by atoms with E-state index in [4.69, 9.17) is 10.3 Å². The van der Waals surface area contributed by atoms with Gasteiger partial charge in [0.2, 0.25) is 5.89 Å². The molecule has 1 aromatic carbocycles. The standard InChI is InChI=1S/C12H14FN3O/c1-2-10(14)12-15-11(16-17-12)7-8-3-5-9(13)6-4-8/h3-6,10H,2,7,14H2,1H3/t10-/m0/s1. The normalized spacial score (nSPS) is 12.6. The van der Waals surface area contributed by atoms with Crippen LogP contribution in [0.4, 0.5) is 4.39 Å². The number of halogens is 1. The first-order valence-electron chi connectivity index (χ1n) is 5.51. The Kier molecular flexibility index (Phi) is 3.49. The zero-order valence-corrected chi connectivity index (χ0v) is 9.56. The molecule has 0 bridgehead atoms. The van der Waals surface area contributed by atoms with Gasteiger partial charge in [0.25, 0.3) is 0 Å². The van der Waals surface area contributed by atoms with Gasteiger partial charge in [-0.1, -0.05) is 24.2 Å². The molecular weight excluding hydrogens is 221 g/mol. The van der Waals surface area contributed by atoms with Crippen molar-refractivity contribution in [2.24, 2.45) is 5.73 Å². The Morgan fingerprint density at radius 1 is 1.35 bits per heavy atom. The third-order valence-electron chi connectivity index (χ3n) is 2.52.